The van der Waals surface area contributed by atoms with Crippen LogP contribution in [0.3, 0.4) is 0 Å². The molecule has 3 heterocycles. The molecule has 55 heavy (non-hydrogen) atoms. The van der Waals surface area contributed by atoms with Gasteiger partial charge in [0.05, 0.1) is 32.5 Å². The third-order valence-electron chi connectivity index (χ3n) is 9.18. The summed E-state index contributed by atoms with van der Waals surface area (Å²) in [6.07, 6.45) is -14.8. The molecule has 0 aromatic heterocycles. The molecule has 316 valence electrons. The number of terminal acetylenes is 1. The Morgan fingerprint density at radius 3 is 2.11 bits per heavy atom. The average Bonchev–Trinajstić information content (AvgIpc) is 3.17. The Hall–Kier alpha value is -2.83. The van der Waals surface area contributed by atoms with E-state index in [0.29, 0.717) is 6.61 Å². The number of rotatable bonds is 19. The third kappa shape index (κ3) is 12.6. The van der Waals surface area contributed by atoms with Gasteiger partial charge in [0.2, 0.25) is 11.8 Å². The average molecular weight is 797 g/mol. The normalized spacial score (nSPS) is 36.9. The lowest BCUT2D eigenvalue weighted by atomic mass is 9.94. The Balaban J connectivity index is 1.88. The molecule has 3 fully saturated rings. The van der Waals surface area contributed by atoms with Gasteiger partial charge in [-0.15, -0.1) is 12.3 Å². The second-order valence-corrected chi connectivity index (χ2v) is 13.2. The Morgan fingerprint density at radius 1 is 0.818 bits per heavy atom. The standard InChI is InChI=1S/C33H56N4O18/c1-4-7-8-19(40)36-21-26(44)23(41)16(12-38)53-32(21)55-28-17(13-39)54-31(51-14-18-24(42)25(43)20(34)30(47)52-18)22(27(28)45)37-29(46)15(6-3)35-33(48)50-11-10-49-9-5-2/h1,15-18,20-28,30-32,38-39,41-45,47H,5-14,34H2,2-3H3,(H,35,48)(H,36,40)(H,37,46)/t15?,16?,17?,18?,20?,21?,22-,23-,24-,25-,26-,27?,28+,30-,31?,32+/m1/s1. The van der Waals surface area contributed by atoms with Crippen LogP contribution in [0.15, 0.2) is 0 Å². The number of alkyl carbamates (subject to hydrolysis) is 1. The lowest BCUT2D eigenvalue weighted by Crippen LogP contribution is -2.70. The van der Waals surface area contributed by atoms with Crippen LogP contribution in [0.2, 0.25) is 0 Å². The molecule has 22 nitrogen and oxygen atoms in total. The highest BCUT2D eigenvalue weighted by molar-refractivity contribution is 5.85. The number of amides is 3. The van der Waals surface area contributed by atoms with Gasteiger partial charge in [0.15, 0.2) is 18.9 Å². The van der Waals surface area contributed by atoms with Crippen molar-refractivity contribution in [2.24, 2.45) is 5.73 Å². The second-order valence-electron chi connectivity index (χ2n) is 13.2. The van der Waals surface area contributed by atoms with E-state index < -0.39 is 136 Å². The molecule has 0 radical (unpaired) electrons. The molecule has 0 aliphatic carbocycles. The highest BCUT2D eigenvalue weighted by Gasteiger charge is 2.53. The number of carbonyl (C=O) groups is 3. The predicted octanol–water partition coefficient (Wildman–Crippen LogP) is -6.01. The highest BCUT2D eigenvalue weighted by atomic mass is 16.7. The summed E-state index contributed by atoms with van der Waals surface area (Å²) in [6, 6.07) is -5.73. The van der Waals surface area contributed by atoms with Crippen molar-refractivity contribution in [3.8, 4) is 12.3 Å². The van der Waals surface area contributed by atoms with Gasteiger partial charge in [0.25, 0.3) is 0 Å². The van der Waals surface area contributed by atoms with Gasteiger partial charge >= 0.3 is 6.09 Å². The van der Waals surface area contributed by atoms with Gasteiger partial charge in [-0.3, -0.25) is 9.59 Å². The van der Waals surface area contributed by atoms with Crippen LogP contribution in [0.5, 0.6) is 0 Å². The van der Waals surface area contributed by atoms with Crippen LogP contribution in [0.25, 0.3) is 0 Å². The van der Waals surface area contributed by atoms with E-state index in [0.717, 1.165) is 6.42 Å². The number of aliphatic hydroxyl groups is 8. The Morgan fingerprint density at radius 2 is 1.47 bits per heavy atom. The van der Waals surface area contributed by atoms with Crippen molar-refractivity contribution in [1.82, 2.24) is 16.0 Å². The molecular weight excluding hydrogens is 740 g/mol. The fraction of sp³-hybridized carbons (Fsp3) is 0.848. The number of hydrogen-bond donors (Lipinski definition) is 12. The zero-order chi connectivity index (χ0) is 40.8. The molecule has 0 aromatic rings. The summed E-state index contributed by atoms with van der Waals surface area (Å²) in [4.78, 5) is 38.7. The Kier molecular flexibility index (Phi) is 19.3. The molecule has 8 unspecified atom stereocenters. The number of aliphatic hydroxyl groups excluding tert-OH is 8. The molecule has 3 aliphatic heterocycles. The van der Waals surface area contributed by atoms with E-state index in [4.69, 9.17) is 45.3 Å². The lowest BCUT2D eigenvalue weighted by molar-refractivity contribution is -0.337. The van der Waals surface area contributed by atoms with Crippen LogP contribution in [-0.4, -0.2) is 196 Å². The molecule has 3 rings (SSSR count). The fourth-order valence-electron chi connectivity index (χ4n) is 6.02. The summed E-state index contributed by atoms with van der Waals surface area (Å²) in [5.41, 5.74) is 5.65. The largest absolute Gasteiger partial charge is 0.447 e. The molecule has 0 aromatic carbocycles. The molecule has 22 heteroatoms. The number of ether oxygens (including phenoxy) is 7. The number of carbonyl (C=O) groups excluding carboxylic acids is 3. The molecule has 16 atom stereocenters. The Bertz CT molecular complexity index is 1250. The van der Waals surface area contributed by atoms with Crippen molar-refractivity contribution < 1.29 is 88.4 Å². The first-order valence-corrected chi connectivity index (χ1v) is 18.1. The number of nitrogens with two attached hydrogens (primary N) is 1. The first kappa shape index (κ1) is 46.6. The molecule has 3 saturated heterocycles. The SMILES string of the molecule is C#CCCC(=O)NC1[C@H](O[C@H]2C(CO)OC(OCC3O[C@@H](O)C(N)[C@@H](O)[C@@H]3O)[C@H](NC(=O)C(CC)NC(=O)OCCOCCC)C2O)OC(CO)[C@@H](O)[C@@H]1O. The van der Waals surface area contributed by atoms with E-state index >= 15 is 0 Å². The highest BCUT2D eigenvalue weighted by Crippen LogP contribution is 2.31. The first-order valence-electron chi connectivity index (χ1n) is 18.1. The zero-order valence-electron chi connectivity index (χ0n) is 30.6. The van der Waals surface area contributed by atoms with Crippen LogP contribution in [-0.2, 0) is 42.7 Å². The number of nitrogens with one attached hydrogen (secondary N) is 3. The molecule has 3 amide bonds. The van der Waals surface area contributed by atoms with Gasteiger partial charge in [-0.05, 0) is 12.8 Å². The third-order valence-corrected chi connectivity index (χ3v) is 9.18. The maximum atomic E-state index is 13.6. The first-order chi connectivity index (χ1) is 26.2. The minimum absolute atomic E-state index is 0.0273. The van der Waals surface area contributed by atoms with Crippen molar-refractivity contribution in [3.63, 3.8) is 0 Å². The predicted molar refractivity (Wildman–Crippen MR) is 183 cm³/mol. The molecule has 0 spiro atoms. The van der Waals surface area contributed by atoms with Crippen LogP contribution in [0, 0.1) is 12.3 Å². The van der Waals surface area contributed by atoms with Gasteiger partial charge < -0.3 is 95.7 Å². The quantitative estimate of drug-likeness (QED) is 0.0427. The van der Waals surface area contributed by atoms with E-state index in [-0.39, 0.29) is 32.5 Å². The smallest absolute Gasteiger partial charge is 0.407 e. The van der Waals surface area contributed by atoms with Gasteiger partial charge in [-0.1, -0.05) is 13.8 Å². The van der Waals surface area contributed by atoms with Crippen molar-refractivity contribution in [1.29, 1.82) is 0 Å². The topological polar surface area (TPSA) is 340 Å². The van der Waals surface area contributed by atoms with E-state index in [1.165, 1.54) is 0 Å². The maximum absolute atomic E-state index is 13.6. The van der Waals surface area contributed by atoms with E-state index in [1.54, 1.807) is 6.92 Å². The lowest BCUT2D eigenvalue weighted by Gasteiger charge is -2.48. The van der Waals surface area contributed by atoms with Crippen LogP contribution >= 0.6 is 0 Å². The maximum Gasteiger partial charge on any atom is 0.407 e. The van der Waals surface area contributed by atoms with Gasteiger partial charge in [-0.2, -0.15) is 0 Å². The minimum Gasteiger partial charge on any atom is -0.447 e. The molecule has 13 N–H and O–H groups in total. The Labute approximate surface area is 317 Å². The van der Waals surface area contributed by atoms with Crippen LogP contribution in [0.4, 0.5) is 4.79 Å². The molecule has 0 bridgehead atoms. The summed E-state index contributed by atoms with van der Waals surface area (Å²) in [7, 11) is 0. The van der Waals surface area contributed by atoms with E-state index in [2.05, 4.69) is 21.9 Å². The van der Waals surface area contributed by atoms with Crippen molar-refractivity contribution in [2.75, 3.05) is 39.6 Å². The monoisotopic (exact) mass is 796 g/mol. The summed E-state index contributed by atoms with van der Waals surface area (Å²) >= 11 is 0. The summed E-state index contributed by atoms with van der Waals surface area (Å²) in [6.45, 7) is 1.66. The van der Waals surface area contributed by atoms with E-state index in [1.807, 2.05) is 6.92 Å². The minimum atomic E-state index is -1.89. The van der Waals surface area contributed by atoms with Crippen molar-refractivity contribution >= 4 is 17.9 Å². The summed E-state index contributed by atoms with van der Waals surface area (Å²) in [5, 5.41) is 91.7. The summed E-state index contributed by atoms with van der Waals surface area (Å²) in [5.74, 6) is 0.751. The van der Waals surface area contributed by atoms with Crippen molar-refractivity contribution in [3.05, 3.63) is 0 Å². The van der Waals surface area contributed by atoms with Gasteiger partial charge in [0.1, 0.15) is 79.7 Å². The zero-order valence-corrected chi connectivity index (χ0v) is 30.6. The van der Waals surface area contributed by atoms with Crippen molar-refractivity contribution in [2.45, 2.75) is 138 Å². The van der Waals surface area contributed by atoms with E-state index in [9.17, 15) is 55.2 Å². The molecule has 3 aliphatic rings. The second kappa shape index (κ2) is 22.8. The summed E-state index contributed by atoms with van der Waals surface area (Å²) < 4.78 is 39.0. The molecular formula is C33H56N4O18. The van der Waals surface area contributed by atoms with Gasteiger partial charge in [0, 0.05) is 19.4 Å². The van der Waals surface area contributed by atoms with Crippen LogP contribution < -0.4 is 21.7 Å². The van der Waals surface area contributed by atoms with Gasteiger partial charge in [-0.25, -0.2) is 4.79 Å². The number of hydrogen-bond acceptors (Lipinski definition) is 19. The fourth-order valence-corrected chi connectivity index (χ4v) is 6.02. The van der Waals surface area contributed by atoms with Crippen LogP contribution in [0.1, 0.15) is 39.5 Å². The molecule has 0 saturated carbocycles.